The molecule has 0 bridgehead atoms. The Bertz CT molecular complexity index is 1370. The average molecular weight is 488 g/mol. The molecule has 1 aromatic heterocycles. The van der Waals surface area contributed by atoms with Crippen molar-refractivity contribution in [2.45, 2.75) is 18.4 Å². The van der Waals surface area contributed by atoms with E-state index < -0.39 is 5.60 Å². The summed E-state index contributed by atoms with van der Waals surface area (Å²) in [5.74, 6) is -0.600. The Hall–Kier alpha value is -3.71. The van der Waals surface area contributed by atoms with Gasteiger partial charge in [0, 0.05) is 43.4 Å². The van der Waals surface area contributed by atoms with Gasteiger partial charge >= 0.3 is 5.97 Å². The van der Waals surface area contributed by atoms with Crippen molar-refractivity contribution in [3.05, 3.63) is 88.2 Å². The van der Waals surface area contributed by atoms with E-state index in [9.17, 15) is 14.4 Å². The van der Waals surface area contributed by atoms with Crippen molar-refractivity contribution in [1.82, 2.24) is 14.8 Å². The van der Waals surface area contributed by atoms with E-state index in [0.29, 0.717) is 41.4 Å². The van der Waals surface area contributed by atoms with Crippen LogP contribution in [0.5, 0.6) is 0 Å². The van der Waals surface area contributed by atoms with Gasteiger partial charge in [-0.2, -0.15) is 0 Å². The smallest absolute Gasteiger partial charge is 0.339 e. The van der Waals surface area contributed by atoms with Crippen molar-refractivity contribution in [3.63, 3.8) is 0 Å². The summed E-state index contributed by atoms with van der Waals surface area (Å²) in [6.45, 7) is 2.32. The normalized spacial score (nSPS) is 20.5. The zero-order valence-electron chi connectivity index (χ0n) is 18.9. The number of ether oxygens (including phenoxy) is 1. The lowest BCUT2D eigenvalue weighted by molar-refractivity contribution is -0.00307. The van der Waals surface area contributed by atoms with Crippen LogP contribution in [0.25, 0.3) is 11.1 Å². The Balaban J connectivity index is 1.20. The van der Waals surface area contributed by atoms with Crippen LogP contribution in [0.15, 0.2) is 60.8 Å². The molecule has 0 N–H and O–H groups in total. The molecule has 7 nitrogen and oxygen atoms in total. The maximum atomic E-state index is 13.3. The number of nitrogens with zero attached hydrogens (tertiary/aromatic N) is 3. The number of aromatic nitrogens is 1. The van der Waals surface area contributed by atoms with Crippen LogP contribution >= 0.6 is 11.6 Å². The highest BCUT2D eigenvalue weighted by Crippen LogP contribution is 2.43. The van der Waals surface area contributed by atoms with Gasteiger partial charge in [0.05, 0.1) is 22.7 Å². The fourth-order valence-electron chi connectivity index (χ4n) is 5.02. The molecule has 4 heterocycles. The molecule has 0 aliphatic carbocycles. The predicted molar refractivity (Wildman–Crippen MR) is 129 cm³/mol. The van der Waals surface area contributed by atoms with Gasteiger partial charge in [-0.3, -0.25) is 14.6 Å². The van der Waals surface area contributed by atoms with Gasteiger partial charge in [0.1, 0.15) is 5.69 Å². The zero-order chi connectivity index (χ0) is 24.2. The van der Waals surface area contributed by atoms with E-state index in [1.165, 1.54) is 0 Å². The van der Waals surface area contributed by atoms with Crippen LogP contribution in [0, 0.1) is 0 Å². The minimum absolute atomic E-state index is 0.0549. The van der Waals surface area contributed by atoms with Crippen LogP contribution in [-0.2, 0) is 10.3 Å². The van der Waals surface area contributed by atoms with Crippen molar-refractivity contribution in [3.8, 4) is 11.1 Å². The summed E-state index contributed by atoms with van der Waals surface area (Å²) < 4.78 is 5.76. The van der Waals surface area contributed by atoms with Gasteiger partial charge in [-0.25, -0.2) is 4.79 Å². The summed E-state index contributed by atoms with van der Waals surface area (Å²) in [6.07, 6.45) is 3.23. The maximum Gasteiger partial charge on any atom is 0.339 e. The molecule has 2 aromatic carbocycles. The van der Waals surface area contributed by atoms with Crippen LogP contribution < -0.4 is 0 Å². The van der Waals surface area contributed by atoms with Gasteiger partial charge < -0.3 is 14.5 Å². The number of amides is 2. The molecule has 2 fully saturated rings. The number of benzene rings is 2. The summed E-state index contributed by atoms with van der Waals surface area (Å²) in [5, 5.41) is 0.331. The minimum atomic E-state index is -0.795. The van der Waals surface area contributed by atoms with Crippen LogP contribution in [-0.4, -0.2) is 58.7 Å². The van der Waals surface area contributed by atoms with Crippen LogP contribution in [0.2, 0.25) is 5.02 Å². The molecule has 3 aliphatic rings. The lowest BCUT2D eigenvalue weighted by atomic mass is 9.91. The number of hydrogen-bond donors (Lipinski definition) is 0. The molecule has 35 heavy (non-hydrogen) atoms. The zero-order valence-corrected chi connectivity index (χ0v) is 19.6. The standard InChI is InChI=1S/C27H22ClN3O4/c28-22-14-17(18-7-9-23(29-15-18)25(33)30-11-3-12-30)6-8-20(22)24(32)31-13-10-27(16-31)21-5-2-1-4-19(21)26(34)35-27/h1-2,4-9,14-15H,3,10-13,16H2/t27-/m0/s1. The van der Waals surface area contributed by atoms with E-state index in [2.05, 4.69) is 4.98 Å². The average Bonchev–Trinajstić information content (AvgIpc) is 3.39. The van der Waals surface area contributed by atoms with Gasteiger partial charge in [-0.1, -0.05) is 41.9 Å². The summed E-state index contributed by atoms with van der Waals surface area (Å²) in [4.78, 5) is 45.8. The highest BCUT2D eigenvalue weighted by molar-refractivity contribution is 6.34. The SMILES string of the molecule is O=C1O[C@]2(CCN(C(=O)c3ccc(-c4ccc(C(=O)N5CCC5)nc4)cc3Cl)C2)c2ccccc21. The Morgan fingerprint density at radius 3 is 2.46 bits per heavy atom. The van der Waals surface area contributed by atoms with Gasteiger partial charge in [-0.15, -0.1) is 0 Å². The second kappa shape index (κ2) is 8.20. The van der Waals surface area contributed by atoms with Gasteiger partial charge in [0.25, 0.3) is 11.8 Å². The molecule has 3 aliphatic heterocycles. The molecule has 1 atom stereocenters. The quantitative estimate of drug-likeness (QED) is 0.518. The number of halogens is 1. The summed E-state index contributed by atoms with van der Waals surface area (Å²) in [5.41, 5.74) is 3.03. The van der Waals surface area contributed by atoms with E-state index in [1.54, 1.807) is 40.3 Å². The van der Waals surface area contributed by atoms with Crippen molar-refractivity contribution in [2.24, 2.45) is 0 Å². The van der Waals surface area contributed by atoms with E-state index in [0.717, 1.165) is 36.2 Å². The summed E-state index contributed by atoms with van der Waals surface area (Å²) in [7, 11) is 0. The Kier molecular flexibility index (Phi) is 5.11. The van der Waals surface area contributed by atoms with Gasteiger partial charge in [0.15, 0.2) is 5.60 Å². The third kappa shape index (κ3) is 3.58. The maximum absolute atomic E-state index is 13.3. The van der Waals surface area contributed by atoms with E-state index in [1.807, 2.05) is 30.3 Å². The number of hydrogen-bond acceptors (Lipinski definition) is 5. The third-order valence-corrected chi connectivity index (χ3v) is 7.42. The topological polar surface area (TPSA) is 79.8 Å². The first-order valence-corrected chi connectivity index (χ1v) is 12.0. The number of carbonyl (C=O) groups is 3. The number of likely N-dealkylation sites (tertiary alicyclic amines) is 2. The molecule has 0 saturated carbocycles. The van der Waals surface area contributed by atoms with Crippen molar-refractivity contribution in [2.75, 3.05) is 26.2 Å². The molecule has 8 heteroatoms. The molecule has 1 spiro atoms. The first kappa shape index (κ1) is 21.8. The van der Waals surface area contributed by atoms with E-state index in [4.69, 9.17) is 16.3 Å². The van der Waals surface area contributed by atoms with Crippen molar-refractivity contribution >= 4 is 29.4 Å². The first-order chi connectivity index (χ1) is 16.9. The van der Waals surface area contributed by atoms with Crippen molar-refractivity contribution in [1.29, 1.82) is 0 Å². The lowest BCUT2D eigenvalue weighted by Gasteiger charge is -2.30. The second-order valence-electron chi connectivity index (χ2n) is 9.18. The molecule has 6 rings (SSSR count). The van der Waals surface area contributed by atoms with Crippen LogP contribution in [0.1, 0.15) is 49.6 Å². The molecule has 0 unspecified atom stereocenters. The second-order valence-corrected chi connectivity index (χ2v) is 9.59. The number of fused-ring (bicyclic) bond motifs is 2. The molecular weight excluding hydrogens is 466 g/mol. The number of pyridine rings is 1. The largest absolute Gasteiger partial charge is 0.449 e. The van der Waals surface area contributed by atoms with Crippen molar-refractivity contribution < 1.29 is 19.1 Å². The fraction of sp³-hybridized carbons (Fsp3) is 0.259. The van der Waals surface area contributed by atoms with Gasteiger partial charge in [-0.05, 0) is 36.2 Å². The van der Waals surface area contributed by atoms with Gasteiger partial charge in [0.2, 0.25) is 0 Å². The highest BCUT2D eigenvalue weighted by atomic mass is 35.5. The Morgan fingerprint density at radius 1 is 0.943 bits per heavy atom. The molecule has 176 valence electrons. The Morgan fingerprint density at radius 2 is 1.74 bits per heavy atom. The molecular formula is C27H22ClN3O4. The number of carbonyl (C=O) groups excluding carboxylic acids is 3. The first-order valence-electron chi connectivity index (χ1n) is 11.6. The predicted octanol–water partition coefficient (Wildman–Crippen LogP) is 4.16. The molecule has 2 amide bonds. The molecule has 2 saturated heterocycles. The fourth-order valence-corrected chi connectivity index (χ4v) is 5.28. The summed E-state index contributed by atoms with van der Waals surface area (Å²) >= 11 is 6.54. The highest BCUT2D eigenvalue weighted by Gasteiger charge is 2.51. The van der Waals surface area contributed by atoms with E-state index >= 15 is 0 Å². The Labute approximate surface area is 207 Å². The monoisotopic (exact) mass is 487 g/mol. The van der Waals surface area contributed by atoms with Crippen LogP contribution in [0.3, 0.4) is 0 Å². The molecule has 0 radical (unpaired) electrons. The number of rotatable bonds is 3. The van der Waals surface area contributed by atoms with E-state index in [-0.39, 0.29) is 17.8 Å². The number of esters is 1. The van der Waals surface area contributed by atoms with Crippen LogP contribution in [0.4, 0.5) is 0 Å². The third-order valence-electron chi connectivity index (χ3n) is 7.10. The summed E-state index contributed by atoms with van der Waals surface area (Å²) in [6, 6.07) is 16.2. The lowest BCUT2D eigenvalue weighted by Crippen LogP contribution is -2.42. The minimum Gasteiger partial charge on any atom is -0.449 e. The molecule has 3 aromatic rings.